The first-order chi connectivity index (χ1) is 4.54. The number of amides is 2. The van der Waals surface area contributed by atoms with Crippen molar-refractivity contribution in [3.63, 3.8) is 0 Å². The largest absolute Gasteiger partial charge is 0.352 e. The molecule has 0 aliphatic heterocycles. The molecule has 0 aromatic carbocycles. The summed E-state index contributed by atoms with van der Waals surface area (Å²) in [6.07, 6.45) is 1.38. The number of primary amides is 1. The second kappa shape index (κ2) is 1.28. The molecule has 4 heteroatoms. The summed E-state index contributed by atoms with van der Waals surface area (Å²) in [6.45, 7) is 0. The molecular weight excluding hydrogens is 135 g/mol. The molecule has 0 unspecified atom stereocenters. The number of nitrogens with two attached hydrogens (primary N) is 1. The van der Waals surface area contributed by atoms with Crippen LogP contribution < -0.4 is 11.1 Å². The first-order valence-corrected chi connectivity index (χ1v) is 3.30. The van der Waals surface area contributed by atoms with Crippen LogP contribution in [0.2, 0.25) is 0 Å². The second-order valence-electron chi connectivity index (χ2n) is 3.45. The predicted molar refractivity (Wildman–Crippen MR) is 33.1 cm³/mol. The summed E-state index contributed by atoms with van der Waals surface area (Å²) in [5.74, 6) is 0. The van der Waals surface area contributed by atoms with Crippen LogP contribution in [0.5, 0.6) is 0 Å². The molecule has 0 atom stereocenters. The van der Waals surface area contributed by atoms with Crippen LogP contribution in [0, 0.1) is 0 Å². The minimum Gasteiger partial charge on any atom is -0.352 e. The van der Waals surface area contributed by atoms with Crippen LogP contribution in [0.3, 0.4) is 0 Å². The molecule has 2 bridgehead atoms. The lowest BCUT2D eigenvalue weighted by atomic mass is 9.47. The van der Waals surface area contributed by atoms with Gasteiger partial charge in [-0.1, -0.05) is 0 Å². The first kappa shape index (κ1) is 5.95. The van der Waals surface area contributed by atoms with Crippen LogP contribution in [-0.2, 0) is 0 Å². The fourth-order valence-corrected chi connectivity index (χ4v) is 2.06. The molecule has 3 aliphatic carbocycles. The minimum atomic E-state index is -0.956. The van der Waals surface area contributed by atoms with E-state index < -0.39 is 11.7 Å². The Morgan fingerprint density at radius 2 is 2.00 bits per heavy atom. The number of halogens is 1. The van der Waals surface area contributed by atoms with Gasteiger partial charge in [0.1, 0.15) is 5.67 Å². The van der Waals surface area contributed by atoms with E-state index >= 15 is 0 Å². The zero-order valence-electron chi connectivity index (χ0n) is 5.48. The van der Waals surface area contributed by atoms with E-state index in [0.717, 1.165) is 0 Å². The summed E-state index contributed by atoms with van der Waals surface area (Å²) < 4.78 is 12.8. The third-order valence-electron chi connectivity index (χ3n) is 2.35. The van der Waals surface area contributed by atoms with Crippen molar-refractivity contribution in [2.75, 3.05) is 0 Å². The number of rotatable bonds is 1. The van der Waals surface area contributed by atoms with E-state index in [0.29, 0.717) is 19.3 Å². The maximum Gasteiger partial charge on any atom is 0.312 e. The third-order valence-corrected chi connectivity index (χ3v) is 2.35. The van der Waals surface area contributed by atoms with Gasteiger partial charge in [0.2, 0.25) is 0 Å². The molecule has 10 heavy (non-hydrogen) atoms. The highest BCUT2D eigenvalue weighted by atomic mass is 19.1. The highest BCUT2D eigenvalue weighted by molar-refractivity contribution is 5.73. The van der Waals surface area contributed by atoms with E-state index in [1.165, 1.54) is 0 Å². The fourth-order valence-electron chi connectivity index (χ4n) is 2.06. The quantitative estimate of drug-likeness (QED) is 0.546. The van der Waals surface area contributed by atoms with E-state index in [2.05, 4.69) is 5.32 Å². The molecule has 3 saturated carbocycles. The van der Waals surface area contributed by atoms with Crippen LogP contribution in [-0.4, -0.2) is 17.2 Å². The number of alkyl halides is 1. The SMILES string of the molecule is NC(=O)NC12CC(F)(C1)C2. The average Bonchev–Trinajstić information content (AvgIpc) is 1.56. The summed E-state index contributed by atoms with van der Waals surface area (Å²) in [5.41, 5.74) is 3.68. The summed E-state index contributed by atoms with van der Waals surface area (Å²) in [4.78, 5) is 10.3. The molecule has 3 rings (SSSR count). The molecule has 0 saturated heterocycles. The zero-order chi connectivity index (χ0) is 7.41. The van der Waals surface area contributed by atoms with Gasteiger partial charge in [-0.2, -0.15) is 0 Å². The average molecular weight is 144 g/mol. The maximum atomic E-state index is 12.8. The van der Waals surface area contributed by atoms with Gasteiger partial charge in [-0.25, -0.2) is 9.18 Å². The molecule has 56 valence electrons. The molecule has 0 aromatic rings. The smallest absolute Gasteiger partial charge is 0.312 e. The fraction of sp³-hybridized carbons (Fsp3) is 0.833. The highest BCUT2D eigenvalue weighted by Gasteiger charge is 2.69. The molecule has 0 radical (unpaired) electrons. The normalized spacial score (nSPS) is 48.9. The Hall–Kier alpha value is -0.800. The van der Waals surface area contributed by atoms with E-state index in [1.54, 1.807) is 0 Å². The summed E-state index contributed by atoms with van der Waals surface area (Å²) in [5, 5.41) is 2.55. The Labute approximate surface area is 57.8 Å². The van der Waals surface area contributed by atoms with Gasteiger partial charge in [0, 0.05) is 19.3 Å². The van der Waals surface area contributed by atoms with Crippen molar-refractivity contribution in [3.05, 3.63) is 0 Å². The molecule has 0 spiro atoms. The van der Waals surface area contributed by atoms with Crippen molar-refractivity contribution in [2.24, 2.45) is 5.73 Å². The lowest BCUT2D eigenvalue weighted by molar-refractivity contribution is -0.161. The third kappa shape index (κ3) is 0.562. The summed E-state index contributed by atoms with van der Waals surface area (Å²) in [7, 11) is 0. The second-order valence-corrected chi connectivity index (χ2v) is 3.45. The Bertz CT molecular complexity index is 184. The maximum absolute atomic E-state index is 12.8. The standard InChI is InChI=1S/C6H9FN2O/c7-5-1-6(2-5,3-5)9-4(8)10/h1-3H2,(H3,8,9,10). The monoisotopic (exact) mass is 144 g/mol. The van der Waals surface area contributed by atoms with Crippen LogP contribution in [0.15, 0.2) is 0 Å². The van der Waals surface area contributed by atoms with Crippen molar-refractivity contribution >= 4 is 6.03 Å². The zero-order valence-corrected chi connectivity index (χ0v) is 5.48. The van der Waals surface area contributed by atoms with Crippen LogP contribution in [0.4, 0.5) is 9.18 Å². The molecule has 3 fully saturated rings. The Kier molecular flexibility index (Phi) is 0.763. The molecule has 3 nitrogen and oxygen atoms in total. The lowest BCUT2D eigenvalue weighted by Gasteiger charge is -2.65. The Morgan fingerprint density at radius 1 is 1.50 bits per heavy atom. The molecule has 3 aliphatic rings. The van der Waals surface area contributed by atoms with Crippen LogP contribution >= 0.6 is 0 Å². The van der Waals surface area contributed by atoms with E-state index in [1.807, 2.05) is 0 Å². The number of carbonyl (C=O) groups is 1. The predicted octanol–water partition coefficient (Wildman–Crippen LogP) is 0.299. The van der Waals surface area contributed by atoms with Gasteiger partial charge in [-0.15, -0.1) is 0 Å². The Balaban J connectivity index is 1.93. The van der Waals surface area contributed by atoms with Gasteiger partial charge in [0.05, 0.1) is 5.54 Å². The number of hydrogen-bond donors (Lipinski definition) is 2. The van der Waals surface area contributed by atoms with Crippen molar-refractivity contribution in [2.45, 2.75) is 30.5 Å². The number of nitrogens with one attached hydrogen (secondary N) is 1. The van der Waals surface area contributed by atoms with Gasteiger partial charge >= 0.3 is 6.03 Å². The lowest BCUT2D eigenvalue weighted by Crippen LogP contribution is -2.77. The molecule has 0 aromatic heterocycles. The van der Waals surface area contributed by atoms with Gasteiger partial charge in [0.15, 0.2) is 0 Å². The van der Waals surface area contributed by atoms with Crippen molar-refractivity contribution in [1.82, 2.24) is 5.32 Å². The summed E-state index contributed by atoms with van der Waals surface area (Å²) >= 11 is 0. The van der Waals surface area contributed by atoms with Crippen LogP contribution in [0.25, 0.3) is 0 Å². The molecule has 2 amide bonds. The van der Waals surface area contributed by atoms with E-state index in [4.69, 9.17) is 5.73 Å². The topological polar surface area (TPSA) is 55.1 Å². The Morgan fingerprint density at radius 3 is 2.30 bits per heavy atom. The van der Waals surface area contributed by atoms with Gasteiger partial charge in [-0.3, -0.25) is 0 Å². The molecular formula is C6H9FN2O. The van der Waals surface area contributed by atoms with Gasteiger partial charge in [-0.05, 0) is 0 Å². The molecule has 3 N–H and O–H groups in total. The first-order valence-electron chi connectivity index (χ1n) is 3.30. The minimum absolute atomic E-state index is 0.249. The number of hydrogen-bond acceptors (Lipinski definition) is 1. The molecule has 0 heterocycles. The number of urea groups is 1. The van der Waals surface area contributed by atoms with E-state index in [-0.39, 0.29) is 5.54 Å². The van der Waals surface area contributed by atoms with Gasteiger partial charge in [0.25, 0.3) is 0 Å². The summed E-state index contributed by atoms with van der Waals surface area (Å²) in [6, 6.07) is -0.540. The van der Waals surface area contributed by atoms with Crippen molar-refractivity contribution in [3.8, 4) is 0 Å². The van der Waals surface area contributed by atoms with Crippen molar-refractivity contribution < 1.29 is 9.18 Å². The van der Waals surface area contributed by atoms with Crippen molar-refractivity contribution in [1.29, 1.82) is 0 Å². The highest BCUT2D eigenvalue weighted by Crippen LogP contribution is 2.62. The van der Waals surface area contributed by atoms with Crippen LogP contribution in [0.1, 0.15) is 19.3 Å². The number of carbonyl (C=O) groups excluding carboxylic acids is 1. The van der Waals surface area contributed by atoms with Gasteiger partial charge < -0.3 is 11.1 Å². The van der Waals surface area contributed by atoms with E-state index in [9.17, 15) is 9.18 Å².